The monoisotopic (exact) mass is 408 g/mol. The second-order valence-corrected chi connectivity index (χ2v) is 7.22. The minimum atomic E-state index is -0.426. The maximum atomic E-state index is 12.0. The number of ether oxygens (including phenoxy) is 1. The number of hydrogen-bond acceptors (Lipinski definition) is 5. The zero-order valence-electron chi connectivity index (χ0n) is 13.6. The third kappa shape index (κ3) is 5.08. The average Bonchev–Trinajstić information content (AvgIpc) is 3.01. The number of rotatable bonds is 5. The van der Waals surface area contributed by atoms with Crippen LogP contribution in [-0.4, -0.2) is 16.2 Å². The summed E-state index contributed by atoms with van der Waals surface area (Å²) >= 11 is 13.0. The Morgan fingerprint density at radius 2 is 1.92 bits per heavy atom. The molecule has 26 heavy (non-hydrogen) atoms. The van der Waals surface area contributed by atoms with Gasteiger partial charge in [0.1, 0.15) is 12.4 Å². The lowest BCUT2D eigenvalue weighted by atomic mass is 10.2. The van der Waals surface area contributed by atoms with E-state index in [1.807, 2.05) is 13.0 Å². The molecule has 0 saturated carbocycles. The molecule has 134 valence electrons. The van der Waals surface area contributed by atoms with Crippen molar-refractivity contribution < 1.29 is 9.53 Å². The fraction of sp³-hybridized carbons (Fsp3) is 0.118. The highest BCUT2D eigenvalue weighted by atomic mass is 35.5. The number of halogens is 2. The number of carbonyl (C=O) groups excluding carboxylic acids is 1. The molecule has 3 rings (SSSR count). The van der Waals surface area contributed by atoms with Gasteiger partial charge in [0.05, 0.1) is 0 Å². The van der Waals surface area contributed by atoms with Crippen LogP contribution < -0.4 is 15.4 Å². The van der Waals surface area contributed by atoms with Gasteiger partial charge in [-0.05, 0) is 48.9 Å². The van der Waals surface area contributed by atoms with Crippen LogP contribution in [-0.2, 0) is 6.61 Å². The molecule has 6 nitrogen and oxygen atoms in total. The first-order valence-corrected chi connectivity index (χ1v) is 9.12. The second kappa shape index (κ2) is 8.35. The summed E-state index contributed by atoms with van der Waals surface area (Å²) in [5, 5.41) is 15.4. The summed E-state index contributed by atoms with van der Waals surface area (Å²) in [6, 6.07) is 11.8. The summed E-state index contributed by atoms with van der Waals surface area (Å²) in [5.41, 5.74) is 1.52. The number of anilines is 2. The standard InChI is InChI=1S/C17H14Cl2N4O2S/c1-10-7-12(19)5-6-14(10)25-9-15-22-23-17(26-15)21-16(24)20-13-4-2-3-11(18)8-13/h2-8H,9H2,1H3,(H2,20,21,23,24). The van der Waals surface area contributed by atoms with Gasteiger partial charge in [0, 0.05) is 15.7 Å². The molecule has 2 aromatic carbocycles. The summed E-state index contributed by atoms with van der Waals surface area (Å²) in [5.74, 6) is 0.720. The van der Waals surface area contributed by atoms with E-state index < -0.39 is 6.03 Å². The largest absolute Gasteiger partial charge is 0.486 e. The smallest absolute Gasteiger partial charge is 0.325 e. The van der Waals surface area contributed by atoms with Crippen LogP contribution in [0.15, 0.2) is 42.5 Å². The molecule has 0 spiro atoms. The van der Waals surface area contributed by atoms with Gasteiger partial charge in [0.15, 0.2) is 5.01 Å². The van der Waals surface area contributed by atoms with Crippen molar-refractivity contribution in [3.05, 3.63) is 63.1 Å². The van der Waals surface area contributed by atoms with Gasteiger partial charge < -0.3 is 10.1 Å². The van der Waals surface area contributed by atoms with Crippen molar-refractivity contribution in [3.8, 4) is 5.75 Å². The number of amides is 2. The number of nitrogens with one attached hydrogen (secondary N) is 2. The van der Waals surface area contributed by atoms with Crippen LogP contribution in [0.5, 0.6) is 5.75 Å². The first-order chi connectivity index (χ1) is 12.5. The lowest BCUT2D eigenvalue weighted by Crippen LogP contribution is -2.19. The van der Waals surface area contributed by atoms with E-state index in [-0.39, 0.29) is 6.61 Å². The fourth-order valence-electron chi connectivity index (χ4n) is 2.10. The summed E-state index contributed by atoms with van der Waals surface area (Å²) in [7, 11) is 0. The Bertz CT molecular complexity index is 933. The molecule has 0 atom stereocenters. The van der Waals surface area contributed by atoms with Gasteiger partial charge in [0.25, 0.3) is 0 Å². The van der Waals surface area contributed by atoms with Gasteiger partial charge >= 0.3 is 6.03 Å². The van der Waals surface area contributed by atoms with Crippen LogP contribution >= 0.6 is 34.5 Å². The number of aromatic nitrogens is 2. The molecular formula is C17H14Cl2N4O2S. The van der Waals surface area contributed by atoms with Crippen molar-refractivity contribution in [3.63, 3.8) is 0 Å². The normalized spacial score (nSPS) is 10.4. The van der Waals surface area contributed by atoms with Crippen molar-refractivity contribution in [2.75, 3.05) is 10.6 Å². The molecule has 0 saturated heterocycles. The Labute approximate surface area is 164 Å². The molecule has 0 aliphatic rings. The van der Waals surface area contributed by atoms with Crippen molar-refractivity contribution in [2.24, 2.45) is 0 Å². The van der Waals surface area contributed by atoms with Crippen LogP contribution in [0, 0.1) is 6.92 Å². The highest BCUT2D eigenvalue weighted by molar-refractivity contribution is 7.15. The molecule has 0 bridgehead atoms. The maximum Gasteiger partial charge on any atom is 0.325 e. The number of aryl methyl sites for hydroxylation is 1. The van der Waals surface area contributed by atoms with Crippen LogP contribution in [0.2, 0.25) is 10.0 Å². The molecule has 0 aliphatic carbocycles. The maximum absolute atomic E-state index is 12.0. The molecule has 1 aromatic heterocycles. The molecule has 3 aromatic rings. The van der Waals surface area contributed by atoms with Gasteiger partial charge in [-0.2, -0.15) is 0 Å². The zero-order valence-corrected chi connectivity index (χ0v) is 16.0. The Balaban J connectivity index is 1.55. The van der Waals surface area contributed by atoms with Crippen LogP contribution in [0.25, 0.3) is 0 Å². The molecular weight excluding hydrogens is 395 g/mol. The van der Waals surface area contributed by atoms with Crippen molar-refractivity contribution in [2.45, 2.75) is 13.5 Å². The second-order valence-electron chi connectivity index (χ2n) is 5.29. The number of benzene rings is 2. The first kappa shape index (κ1) is 18.4. The highest BCUT2D eigenvalue weighted by Gasteiger charge is 2.10. The summed E-state index contributed by atoms with van der Waals surface area (Å²) in [4.78, 5) is 12.0. The third-order valence-electron chi connectivity index (χ3n) is 3.26. The van der Waals surface area contributed by atoms with Gasteiger partial charge in [-0.1, -0.05) is 40.6 Å². The predicted molar refractivity (Wildman–Crippen MR) is 105 cm³/mol. The topological polar surface area (TPSA) is 76.1 Å². The molecule has 2 N–H and O–H groups in total. The van der Waals surface area contributed by atoms with Crippen LogP contribution in [0.3, 0.4) is 0 Å². The van der Waals surface area contributed by atoms with E-state index >= 15 is 0 Å². The minimum Gasteiger partial charge on any atom is -0.486 e. The Hall–Kier alpha value is -2.35. The number of hydrogen-bond donors (Lipinski definition) is 2. The van der Waals surface area contributed by atoms with E-state index in [0.29, 0.717) is 25.9 Å². The Morgan fingerprint density at radius 1 is 1.12 bits per heavy atom. The number of carbonyl (C=O) groups is 1. The van der Waals surface area contributed by atoms with E-state index in [1.54, 1.807) is 36.4 Å². The van der Waals surface area contributed by atoms with Crippen molar-refractivity contribution in [1.82, 2.24) is 10.2 Å². The number of nitrogens with zero attached hydrogens (tertiary/aromatic N) is 2. The first-order valence-electron chi connectivity index (χ1n) is 7.54. The lowest BCUT2D eigenvalue weighted by molar-refractivity contribution is 0.262. The van der Waals surface area contributed by atoms with Gasteiger partial charge in [-0.15, -0.1) is 10.2 Å². The summed E-state index contributed by atoms with van der Waals surface area (Å²) in [6.07, 6.45) is 0. The highest BCUT2D eigenvalue weighted by Crippen LogP contribution is 2.24. The SMILES string of the molecule is Cc1cc(Cl)ccc1OCc1nnc(NC(=O)Nc2cccc(Cl)c2)s1. The lowest BCUT2D eigenvalue weighted by Gasteiger charge is -2.07. The Kier molecular flexibility index (Phi) is 5.92. The van der Waals surface area contributed by atoms with Crippen LogP contribution in [0.4, 0.5) is 15.6 Å². The molecule has 0 aliphatic heterocycles. The van der Waals surface area contributed by atoms with Gasteiger partial charge in [-0.3, -0.25) is 5.32 Å². The van der Waals surface area contributed by atoms with Gasteiger partial charge in [0.2, 0.25) is 5.13 Å². The van der Waals surface area contributed by atoms with E-state index in [4.69, 9.17) is 27.9 Å². The van der Waals surface area contributed by atoms with E-state index in [0.717, 1.165) is 11.3 Å². The van der Waals surface area contributed by atoms with Crippen LogP contribution in [0.1, 0.15) is 10.6 Å². The van der Waals surface area contributed by atoms with E-state index in [2.05, 4.69) is 20.8 Å². The third-order valence-corrected chi connectivity index (χ3v) is 4.54. The molecule has 0 unspecified atom stereocenters. The summed E-state index contributed by atoms with van der Waals surface area (Å²) in [6.45, 7) is 2.16. The zero-order chi connectivity index (χ0) is 18.5. The quantitative estimate of drug-likeness (QED) is 0.594. The number of urea groups is 1. The van der Waals surface area contributed by atoms with Gasteiger partial charge in [-0.25, -0.2) is 4.79 Å². The summed E-state index contributed by atoms with van der Waals surface area (Å²) < 4.78 is 5.71. The molecule has 0 fully saturated rings. The molecule has 1 heterocycles. The van der Waals surface area contributed by atoms with E-state index in [1.165, 1.54) is 11.3 Å². The fourth-order valence-corrected chi connectivity index (χ4v) is 3.17. The minimum absolute atomic E-state index is 0.248. The predicted octanol–water partition coefficient (Wildman–Crippen LogP) is 5.38. The molecule has 2 amide bonds. The van der Waals surface area contributed by atoms with E-state index in [9.17, 15) is 4.79 Å². The molecule has 0 radical (unpaired) electrons. The molecule has 9 heteroatoms. The average molecular weight is 409 g/mol. The Morgan fingerprint density at radius 3 is 2.69 bits per heavy atom. The van der Waals surface area contributed by atoms with Crippen molar-refractivity contribution in [1.29, 1.82) is 0 Å². The van der Waals surface area contributed by atoms with Crippen molar-refractivity contribution >= 4 is 51.4 Å².